The number of piperidine rings is 1. The van der Waals surface area contributed by atoms with E-state index in [-0.39, 0.29) is 23.7 Å². The lowest BCUT2D eigenvalue weighted by Crippen LogP contribution is -2.33. The summed E-state index contributed by atoms with van der Waals surface area (Å²) >= 11 is 0. The van der Waals surface area contributed by atoms with E-state index in [0.717, 1.165) is 49.0 Å². The minimum Gasteiger partial charge on any atom is -0.478 e. The highest BCUT2D eigenvalue weighted by atomic mass is 19.1. The maximum absolute atomic E-state index is 14.0. The Morgan fingerprint density at radius 2 is 1.90 bits per heavy atom. The first-order chi connectivity index (χ1) is 19.9. The molecular weight excluding hydrogens is 532 g/mol. The predicted molar refractivity (Wildman–Crippen MR) is 144 cm³/mol. The molecular formula is C30H27F2N5O4. The summed E-state index contributed by atoms with van der Waals surface area (Å²) < 4.78 is 40.3. The van der Waals surface area contributed by atoms with Gasteiger partial charge < -0.3 is 18.8 Å². The molecule has 0 saturated carbocycles. The highest BCUT2D eigenvalue weighted by Crippen LogP contribution is 2.29. The maximum atomic E-state index is 14.0. The van der Waals surface area contributed by atoms with Crippen LogP contribution in [0.1, 0.15) is 52.1 Å². The van der Waals surface area contributed by atoms with Crippen LogP contribution in [-0.2, 0) is 19.7 Å². The summed E-state index contributed by atoms with van der Waals surface area (Å²) in [6.45, 7) is 2.53. The Labute approximate surface area is 234 Å². The van der Waals surface area contributed by atoms with Gasteiger partial charge in [0.25, 0.3) is 0 Å². The van der Waals surface area contributed by atoms with Gasteiger partial charge >= 0.3 is 5.97 Å². The number of fused-ring (bicyclic) bond motifs is 1. The molecule has 11 heteroatoms. The molecule has 2 aromatic carbocycles. The summed E-state index contributed by atoms with van der Waals surface area (Å²) in [7, 11) is 0. The lowest BCUT2D eigenvalue weighted by atomic mass is 9.93. The largest absolute Gasteiger partial charge is 0.478 e. The topological polar surface area (TPSA) is 107 Å². The molecule has 1 saturated heterocycles. The van der Waals surface area contributed by atoms with Crippen molar-refractivity contribution in [3.05, 3.63) is 107 Å². The Bertz CT molecular complexity index is 1680. The molecule has 6 rings (SSSR count). The van der Waals surface area contributed by atoms with E-state index in [0.29, 0.717) is 30.4 Å². The van der Waals surface area contributed by atoms with Gasteiger partial charge in [-0.25, -0.2) is 28.5 Å². The molecule has 0 aliphatic carbocycles. The summed E-state index contributed by atoms with van der Waals surface area (Å²) in [6, 6.07) is 13.9. The van der Waals surface area contributed by atoms with E-state index in [9.17, 15) is 18.7 Å². The van der Waals surface area contributed by atoms with Crippen LogP contribution in [0.2, 0.25) is 0 Å². The van der Waals surface area contributed by atoms with Crippen LogP contribution in [-0.4, -0.2) is 48.6 Å². The summed E-state index contributed by atoms with van der Waals surface area (Å²) in [6.07, 6.45) is 4.85. The molecule has 1 aliphatic heterocycles. The first kappa shape index (κ1) is 26.6. The molecule has 3 aromatic heterocycles. The van der Waals surface area contributed by atoms with Gasteiger partial charge in [-0.05, 0) is 62.3 Å². The number of pyridine rings is 1. The number of benzene rings is 2. The van der Waals surface area contributed by atoms with Crippen molar-refractivity contribution in [2.45, 2.75) is 38.5 Å². The van der Waals surface area contributed by atoms with Crippen LogP contribution < -0.4 is 4.74 Å². The minimum atomic E-state index is -0.995. The zero-order valence-electron chi connectivity index (χ0n) is 22.0. The third-order valence-electron chi connectivity index (χ3n) is 7.36. The van der Waals surface area contributed by atoms with E-state index in [1.807, 2.05) is 16.7 Å². The van der Waals surface area contributed by atoms with Crippen molar-refractivity contribution >= 4 is 17.0 Å². The van der Waals surface area contributed by atoms with Crippen LogP contribution in [0.4, 0.5) is 8.78 Å². The molecule has 0 bridgehead atoms. The Hall–Kier alpha value is -4.64. The third-order valence-corrected chi connectivity index (χ3v) is 7.36. The Morgan fingerprint density at radius 3 is 2.66 bits per heavy atom. The van der Waals surface area contributed by atoms with Gasteiger partial charge in [-0.3, -0.25) is 4.90 Å². The molecule has 0 spiro atoms. The number of hydrogen-bond acceptors (Lipinski definition) is 7. The lowest BCUT2D eigenvalue weighted by molar-refractivity contribution is 0.0697. The van der Waals surface area contributed by atoms with Gasteiger partial charge in [0.15, 0.2) is 0 Å². The van der Waals surface area contributed by atoms with Crippen molar-refractivity contribution in [1.29, 1.82) is 0 Å². The van der Waals surface area contributed by atoms with Crippen LogP contribution in [0, 0.1) is 11.6 Å². The fourth-order valence-electron chi connectivity index (χ4n) is 5.18. The van der Waals surface area contributed by atoms with Gasteiger partial charge in [0, 0.05) is 29.3 Å². The molecule has 41 heavy (non-hydrogen) atoms. The van der Waals surface area contributed by atoms with Crippen LogP contribution in [0.5, 0.6) is 5.88 Å². The normalized spacial score (nSPS) is 14.5. The van der Waals surface area contributed by atoms with Gasteiger partial charge in [0.2, 0.25) is 11.8 Å². The molecule has 0 amide bonds. The van der Waals surface area contributed by atoms with Gasteiger partial charge in [-0.2, -0.15) is 0 Å². The number of carbonyl (C=O) groups is 1. The summed E-state index contributed by atoms with van der Waals surface area (Å²) in [5, 5.41) is 9.49. The minimum absolute atomic E-state index is 0.0382. The van der Waals surface area contributed by atoms with E-state index >= 15 is 0 Å². The maximum Gasteiger partial charge on any atom is 0.335 e. The second-order valence-electron chi connectivity index (χ2n) is 10.0. The van der Waals surface area contributed by atoms with E-state index < -0.39 is 17.6 Å². The number of imidazole rings is 1. The van der Waals surface area contributed by atoms with Gasteiger partial charge in [0.1, 0.15) is 36.9 Å². The summed E-state index contributed by atoms with van der Waals surface area (Å²) in [5.41, 5.74) is 2.81. The highest BCUT2D eigenvalue weighted by Gasteiger charge is 2.24. The molecule has 1 aliphatic rings. The molecule has 5 aromatic rings. The predicted octanol–water partition coefficient (Wildman–Crippen LogP) is 5.40. The molecule has 4 heterocycles. The smallest absolute Gasteiger partial charge is 0.335 e. The number of ether oxygens (including phenoxy) is 1. The van der Waals surface area contributed by atoms with Crippen LogP contribution in [0.3, 0.4) is 0 Å². The lowest BCUT2D eigenvalue weighted by Gasteiger charge is -2.31. The second kappa shape index (κ2) is 11.5. The van der Waals surface area contributed by atoms with Crippen molar-refractivity contribution in [1.82, 2.24) is 24.4 Å². The van der Waals surface area contributed by atoms with E-state index in [2.05, 4.69) is 14.9 Å². The van der Waals surface area contributed by atoms with Gasteiger partial charge in [-0.1, -0.05) is 6.07 Å². The number of carboxylic acids is 1. The number of nitrogens with zero attached hydrogens (tertiary/aromatic N) is 5. The summed E-state index contributed by atoms with van der Waals surface area (Å²) in [4.78, 5) is 27.6. The summed E-state index contributed by atoms with van der Waals surface area (Å²) in [5.74, 6) is -0.316. The van der Waals surface area contributed by atoms with Crippen molar-refractivity contribution < 1.29 is 27.8 Å². The third kappa shape index (κ3) is 5.94. The fraction of sp³-hybridized carbons (Fsp3) is 0.267. The number of oxazole rings is 1. The van der Waals surface area contributed by atoms with Crippen LogP contribution in [0.25, 0.3) is 11.0 Å². The molecule has 1 fully saturated rings. The molecule has 210 valence electrons. The van der Waals surface area contributed by atoms with Crippen molar-refractivity contribution in [2.75, 3.05) is 13.1 Å². The van der Waals surface area contributed by atoms with Crippen molar-refractivity contribution in [2.24, 2.45) is 0 Å². The Morgan fingerprint density at radius 1 is 1.05 bits per heavy atom. The van der Waals surface area contributed by atoms with Gasteiger partial charge in [-0.15, -0.1) is 0 Å². The molecule has 9 nitrogen and oxygen atoms in total. The van der Waals surface area contributed by atoms with Crippen LogP contribution in [0.15, 0.2) is 71.5 Å². The number of aromatic carboxylic acids is 1. The standard InChI is InChI=1S/C30H27F2N5O4/c31-22-6-4-21(23(32)15-22)18-41-28-3-1-2-24(35-28)19-8-11-36(12-9-19)16-27-34-25-7-5-20(30(38)39)14-26(25)37(27)17-29-33-10-13-40-29/h1-7,10,13-15,19H,8-9,11-12,16-18H2,(H,38,39). The number of likely N-dealkylation sites (tertiary alicyclic amines) is 1. The molecule has 0 unspecified atom stereocenters. The van der Waals surface area contributed by atoms with Gasteiger partial charge in [0.05, 0.1) is 29.3 Å². The van der Waals surface area contributed by atoms with Crippen molar-refractivity contribution in [3.8, 4) is 5.88 Å². The number of rotatable bonds is 9. The zero-order chi connectivity index (χ0) is 28.3. The first-order valence-electron chi connectivity index (χ1n) is 13.3. The molecule has 0 radical (unpaired) electrons. The van der Waals surface area contributed by atoms with Crippen LogP contribution >= 0.6 is 0 Å². The van der Waals surface area contributed by atoms with E-state index in [1.54, 1.807) is 30.5 Å². The fourth-order valence-corrected chi connectivity index (χ4v) is 5.18. The van der Waals surface area contributed by atoms with Crippen molar-refractivity contribution in [3.63, 3.8) is 0 Å². The number of halogens is 2. The zero-order valence-corrected chi connectivity index (χ0v) is 22.0. The number of aromatic nitrogens is 4. The average Bonchev–Trinajstić information content (AvgIpc) is 3.61. The highest BCUT2D eigenvalue weighted by molar-refractivity contribution is 5.92. The molecule has 0 atom stereocenters. The Balaban J connectivity index is 1.13. The quantitative estimate of drug-likeness (QED) is 0.256. The average molecular weight is 560 g/mol. The molecule has 1 N–H and O–H groups in total. The first-order valence-corrected chi connectivity index (χ1v) is 13.3. The number of hydrogen-bond donors (Lipinski definition) is 1. The van der Waals surface area contributed by atoms with E-state index in [1.165, 1.54) is 18.4 Å². The number of carboxylic acid groups (broad SMARTS) is 1. The SMILES string of the molecule is O=C(O)c1ccc2nc(CN3CCC(c4cccc(OCc5ccc(F)cc5F)n4)CC3)n(Cc3ncco3)c2c1. The monoisotopic (exact) mass is 559 g/mol. The second-order valence-corrected chi connectivity index (χ2v) is 10.0. The Kier molecular flexibility index (Phi) is 7.43. The van der Waals surface area contributed by atoms with E-state index in [4.69, 9.17) is 14.1 Å².